The minimum absolute atomic E-state index is 0.0689. The Morgan fingerprint density at radius 2 is 1.58 bits per heavy atom. The predicted molar refractivity (Wildman–Crippen MR) is 144 cm³/mol. The molecule has 7 amide bonds. The Bertz CT molecular complexity index is 1270. The molecule has 43 heavy (non-hydrogen) atoms. The number of carboxylic acid groups (broad SMARTS) is 1. The van der Waals surface area contributed by atoms with Crippen LogP contribution in [0.15, 0.2) is 24.3 Å². The molecule has 1 fully saturated rings. The number of phenols is 1. The normalized spacial score (nSPS) is 17.3. The number of carbonyl (C=O) groups excluding carboxylic acids is 7. The van der Waals surface area contributed by atoms with Crippen LogP contribution in [0.5, 0.6) is 5.75 Å². The predicted octanol–water partition coefficient (Wildman–Crippen LogP) is -3.62. The number of imide groups is 1. The van der Waals surface area contributed by atoms with E-state index in [0.717, 1.165) is 6.92 Å². The van der Waals surface area contributed by atoms with Gasteiger partial charge in [0.15, 0.2) is 0 Å². The minimum atomic E-state index is -1.67. The molecule has 234 valence electrons. The molecule has 17 nitrogen and oxygen atoms in total. The van der Waals surface area contributed by atoms with Gasteiger partial charge in [-0.2, -0.15) is 0 Å². The van der Waals surface area contributed by atoms with E-state index in [-0.39, 0.29) is 18.6 Å². The van der Waals surface area contributed by atoms with Gasteiger partial charge >= 0.3 is 5.97 Å². The molecule has 1 saturated heterocycles. The van der Waals surface area contributed by atoms with Crippen LogP contribution >= 0.6 is 0 Å². The highest BCUT2D eigenvalue weighted by Gasteiger charge is 2.45. The first-order chi connectivity index (χ1) is 20.1. The van der Waals surface area contributed by atoms with Gasteiger partial charge in [0.2, 0.25) is 35.4 Å². The van der Waals surface area contributed by atoms with Crippen LogP contribution in [0.3, 0.4) is 0 Å². The molecule has 1 heterocycles. The number of likely N-dealkylation sites (tertiary alicyclic amines) is 1. The number of nitrogens with two attached hydrogens (primary N) is 1. The number of carbonyl (C=O) groups is 8. The first-order valence-corrected chi connectivity index (χ1v) is 13.1. The third-order valence-corrected chi connectivity index (χ3v) is 6.40. The number of benzene rings is 1. The molecule has 0 unspecified atom stereocenters. The molecule has 1 aliphatic heterocycles. The van der Waals surface area contributed by atoms with Crippen molar-refractivity contribution < 1.29 is 53.7 Å². The quantitative estimate of drug-likeness (QED) is 0.0903. The summed E-state index contributed by atoms with van der Waals surface area (Å²) in [6, 6.07) is -1.68. The summed E-state index contributed by atoms with van der Waals surface area (Å²) in [4.78, 5) is 99.3. The average Bonchev–Trinajstić information content (AvgIpc) is 3.19. The van der Waals surface area contributed by atoms with Crippen LogP contribution in [0.1, 0.15) is 38.7 Å². The fourth-order valence-corrected chi connectivity index (χ4v) is 4.20. The van der Waals surface area contributed by atoms with Gasteiger partial charge in [-0.15, -0.1) is 0 Å². The maximum absolute atomic E-state index is 13.2. The number of hydrogen-bond acceptors (Lipinski definition) is 10. The SMILES string of the molecule is CC(=O)N[C@H]1CC(=O)N([C@@H](CCC(N)=O)C(=O)N[C@@H](C)C(=O)N[C@@H](Cc2ccc(O)cc2)C(=O)N[C@@H](CO)C(=O)O)C1=O. The van der Waals surface area contributed by atoms with Crippen molar-refractivity contribution in [1.29, 1.82) is 0 Å². The van der Waals surface area contributed by atoms with Crippen LogP contribution in [-0.4, -0.2) is 104 Å². The Balaban J connectivity index is 2.23. The molecule has 0 saturated carbocycles. The zero-order chi connectivity index (χ0) is 32.4. The lowest BCUT2D eigenvalue weighted by Gasteiger charge is -2.27. The van der Waals surface area contributed by atoms with Crippen molar-refractivity contribution in [3.8, 4) is 5.75 Å². The lowest BCUT2D eigenvalue weighted by Crippen LogP contribution is -2.58. The van der Waals surface area contributed by atoms with Crippen molar-refractivity contribution in [1.82, 2.24) is 26.2 Å². The smallest absolute Gasteiger partial charge is 0.328 e. The van der Waals surface area contributed by atoms with E-state index in [1.165, 1.54) is 31.2 Å². The van der Waals surface area contributed by atoms with Gasteiger partial charge in [0.1, 0.15) is 36.0 Å². The number of amides is 7. The maximum Gasteiger partial charge on any atom is 0.328 e. The zero-order valence-corrected chi connectivity index (χ0v) is 23.4. The second-order valence-electron chi connectivity index (χ2n) is 9.82. The fraction of sp³-hybridized carbons (Fsp3) is 0.462. The third-order valence-electron chi connectivity index (χ3n) is 6.40. The molecule has 2 rings (SSSR count). The Morgan fingerprint density at radius 3 is 2.12 bits per heavy atom. The second-order valence-corrected chi connectivity index (χ2v) is 9.82. The van der Waals surface area contributed by atoms with Crippen molar-refractivity contribution in [2.45, 2.75) is 69.7 Å². The largest absolute Gasteiger partial charge is 0.508 e. The van der Waals surface area contributed by atoms with Gasteiger partial charge in [-0.1, -0.05) is 12.1 Å². The number of aromatic hydroxyl groups is 1. The summed E-state index contributed by atoms with van der Waals surface area (Å²) >= 11 is 0. The third kappa shape index (κ3) is 9.77. The molecule has 0 radical (unpaired) electrons. The van der Waals surface area contributed by atoms with Crippen LogP contribution in [0.25, 0.3) is 0 Å². The van der Waals surface area contributed by atoms with Gasteiger partial charge in [-0.05, 0) is 31.0 Å². The summed E-state index contributed by atoms with van der Waals surface area (Å²) in [5.74, 6) is -7.59. The van der Waals surface area contributed by atoms with E-state index in [9.17, 15) is 53.7 Å². The summed E-state index contributed by atoms with van der Waals surface area (Å²) < 4.78 is 0. The van der Waals surface area contributed by atoms with Gasteiger partial charge in [-0.3, -0.25) is 38.5 Å². The number of primary amides is 1. The number of hydrogen-bond donors (Lipinski definition) is 8. The monoisotopic (exact) mass is 606 g/mol. The lowest BCUT2D eigenvalue weighted by atomic mass is 10.0. The molecule has 9 N–H and O–H groups in total. The highest BCUT2D eigenvalue weighted by Crippen LogP contribution is 2.20. The summed E-state index contributed by atoms with van der Waals surface area (Å²) in [7, 11) is 0. The molecule has 1 aromatic carbocycles. The number of aliphatic hydroxyl groups excluding tert-OH is 1. The van der Waals surface area contributed by atoms with E-state index in [0.29, 0.717) is 10.5 Å². The number of carboxylic acids is 1. The van der Waals surface area contributed by atoms with Gasteiger partial charge in [0.25, 0.3) is 5.91 Å². The standard InChI is InChI=1S/C26H34N6O11/c1-12(28-24(40)19(7-8-20(27)36)32-21(37)10-17(25(32)41)29-13(2)34)22(38)30-16(9-14-3-5-15(35)6-4-14)23(39)31-18(11-33)26(42)43/h3-6,12,16-19,33,35H,7-11H2,1-2H3,(H2,27,36)(H,28,40)(H,29,34)(H,30,38)(H,31,39)(H,42,43)/t12-,16-,17-,18-,19-/m0/s1. The molecule has 0 aliphatic carbocycles. The van der Waals surface area contributed by atoms with Crippen LogP contribution < -0.4 is 27.0 Å². The van der Waals surface area contributed by atoms with E-state index in [2.05, 4.69) is 21.3 Å². The average molecular weight is 607 g/mol. The number of phenolic OH excluding ortho intramolecular Hbond substituents is 1. The van der Waals surface area contributed by atoms with Crippen molar-refractivity contribution in [3.63, 3.8) is 0 Å². The highest BCUT2D eigenvalue weighted by molar-refractivity contribution is 6.10. The zero-order valence-electron chi connectivity index (χ0n) is 23.4. The van der Waals surface area contributed by atoms with Crippen LogP contribution in [0, 0.1) is 0 Å². The number of rotatable bonds is 15. The lowest BCUT2D eigenvalue weighted by molar-refractivity contribution is -0.148. The molecule has 0 aromatic heterocycles. The van der Waals surface area contributed by atoms with E-state index in [4.69, 9.17) is 5.73 Å². The van der Waals surface area contributed by atoms with Gasteiger partial charge in [0.05, 0.1) is 13.0 Å². The number of aliphatic carboxylic acids is 1. The van der Waals surface area contributed by atoms with Gasteiger partial charge in [0, 0.05) is 19.8 Å². The van der Waals surface area contributed by atoms with E-state index < -0.39 is 97.0 Å². The van der Waals surface area contributed by atoms with E-state index >= 15 is 0 Å². The van der Waals surface area contributed by atoms with Crippen molar-refractivity contribution in [2.24, 2.45) is 5.73 Å². The van der Waals surface area contributed by atoms with E-state index in [1.54, 1.807) is 0 Å². The first-order valence-electron chi connectivity index (χ1n) is 13.1. The van der Waals surface area contributed by atoms with Crippen LogP contribution in [-0.2, 0) is 44.8 Å². The Hall–Kier alpha value is -5.06. The molecular formula is C26H34N6O11. The summed E-state index contributed by atoms with van der Waals surface area (Å²) in [6.45, 7) is 1.44. The molecule has 0 bridgehead atoms. The van der Waals surface area contributed by atoms with Crippen molar-refractivity contribution >= 4 is 47.3 Å². The molecule has 17 heteroatoms. The second kappa shape index (κ2) is 15.2. The number of nitrogens with zero attached hydrogens (tertiary/aromatic N) is 1. The maximum atomic E-state index is 13.2. The first kappa shape index (κ1) is 34.1. The molecule has 5 atom stereocenters. The van der Waals surface area contributed by atoms with Gasteiger partial charge in [-0.25, -0.2) is 4.79 Å². The summed E-state index contributed by atoms with van der Waals surface area (Å²) in [6.07, 6.45) is -1.37. The minimum Gasteiger partial charge on any atom is -0.508 e. The molecule has 1 aliphatic rings. The van der Waals surface area contributed by atoms with Gasteiger partial charge < -0.3 is 42.3 Å². The Kier molecular flexibility index (Phi) is 12.1. The number of aliphatic hydroxyl groups is 1. The van der Waals surface area contributed by atoms with Crippen LogP contribution in [0.4, 0.5) is 0 Å². The molecule has 1 aromatic rings. The summed E-state index contributed by atoms with van der Waals surface area (Å²) in [5, 5.41) is 37.1. The van der Waals surface area contributed by atoms with Crippen LogP contribution in [0.2, 0.25) is 0 Å². The topological polar surface area (TPSA) is 275 Å². The highest BCUT2D eigenvalue weighted by atomic mass is 16.4. The Morgan fingerprint density at radius 1 is 0.977 bits per heavy atom. The molecule has 0 spiro atoms. The van der Waals surface area contributed by atoms with Crippen molar-refractivity contribution in [2.75, 3.05) is 6.61 Å². The molecular weight excluding hydrogens is 572 g/mol. The summed E-state index contributed by atoms with van der Waals surface area (Å²) in [5.41, 5.74) is 5.64. The fourth-order valence-electron chi connectivity index (χ4n) is 4.20. The number of nitrogens with one attached hydrogen (secondary N) is 4. The van der Waals surface area contributed by atoms with E-state index in [1.807, 2.05) is 0 Å². The van der Waals surface area contributed by atoms with Crippen molar-refractivity contribution in [3.05, 3.63) is 29.8 Å². The Labute approximate surface area is 245 Å².